The predicted molar refractivity (Wildman–Crippen MR) is 90.3 cm³/mol. The first-order valence-corrected chi connectivity index (χ1v) is 7.87. The third-order valence-electron chi connectivity index (χ3n) is 3.79. The normalized spacial score (nSPS) is 16.3. The first-order valence-electron chi connectivity index (χ1n) is 7.49. The zero-order chi connectivity index (χ0) is 17.3. The van der Waals surface area contributed by atoms with Crippen molar-refractivity contribution in [3.05, 3.63) is 34.9 Å². The van der Waals surface area contributed by atoms with E-state index in [1.54, 1.807) is 36.0 Å². The zero-order valence-electron chi connectivity index (χ0n) is 13.3. The Hall–Kier alpha value is -2.54. The molecule has 2 N–H and O–H groups in total. The fourth-order valence-electron chi connectivity index (χ4n) is 2.50. The summed E-state index contributed by atoms with van der Waals surface area (Å²) in [5.74, 6) is 1.09. The number of carbonyl (C=O) groups excluding carboxylic acids is 2. The average molecular weight is 349 g/mol. The van der Waals surface area contributed by atoms with Gasteiger partial charge in [-0.1, -0.05) is 18.5 Å². The van der Waals surface area contributed by atoms with Crippen LogP contribution in [0.1, 0.15) is 12.5 Å². The summed E-state index contributed by atoms with van der Waals surface area (Å²) in [5.41, 5.74) is 0.824. The number of amides is 2. The molecule has 0 spiro atoms. The maximum Gasteiger partial charge on any atom is 0.263 e. The van der Waals surface area contributed by atoms with E-state index in [1.807, 2.05) is 6.92 Å². The van der Waals surface area contributed by atoms with Gasteiger partial charge in [0.25, 0.3) is 5.91 Å². The molecule has 1 unspecified atom stereocenters. The van der Waals surface area contributed by atoms with E-state index in [0.717, 1.165) is 5.56 Å². The Morgan fingerprint density at radius 1 is 1.46 bits per heavy atom. The summed E-state index contributed by atoms with van der Waals surface area (Å²) in [4.78, 5) is 23.8. The molecule has 1 atom stereocenters. The minimum atomic E-state index is -0.324. The molecule has 1 aromatic carbocycles. The van der Waals surface area contributed by atoms with Crippen molar-refractivity contribution >= 4 is 35.1 Å². The van der Waals surface area contributed by atoms with Crippen molar-refractivity contribution in [1.82, 2.24) is 9.78 Å². The third-order valence-corrected chi connectivity index (χ3v) is 4.04. The monoisotopic (exact) mass is 348 g/mol. The van der Waals surface area contributed by atoms with Gasteiger partial charge in [-0.05, 0) is 30.7 Å². The summed E-state index contributed by atoms with van der Waals surface area (Å²) in [6.07, 6.45) is 0.530. The summed E-state index contributed by atoms with van der Waals surface area (Å²) in [5, 5.41) is 10.4. The number of ether oxygens (including phenoxy) is 1. The molecule has 126 valence electrons. The second kappa shape index (κ2) is 6.52. The summed E-state index contributed by atoms with van der Waals surface area (Å²) >= 11 is 5.80. The lowest BCUT2D eigenvalue weighted by molar-refractivity contribution is -0.119. The third kappa shape index (κ3) is 3.35. The van der Waals surface area contributed by atoms with E-state index in [9.17, 15) is 9.59 Å². The number of hydrogen-bond donors (Lipinski definition) is 2. The quantitative estimate of drug-likeness (QED) is 0.887. The number of halogens is 1. The van der Waals surface area contributed by atoms with Crippen molar-refractivity contribution < 1.29 is 14.3 Å². The van der Waals surface area contributed by atoms with E-state index >= 15 is 0 Å². The first kappa shape index (κ1) is 16.3. The van der Waals surface area contributed by atoms with Gasteiger partial charge in [0.05, 0.1) is 0 Å². The van der Waals surface area contributed by atoms with Gasteiger partial charge in [0.15, 0.2) is 12.4 Å². The van der Waals surface area contributed by atoms with Crippen LogP contribution >= 0.6 is 11.6 Å². The fraction of sp³-hybridized carbons (Fsp3) is 0.312. The minimum absolute atomic E-state index is 0.0468. The van der Waals surface area contributed by atoms with Gasteiger partial charge in [0.2, 0.25) is 5.91 Å². The number of aromatic nitrogens is 2. The molecule has 0 saturated carbocycles. The molecule has 3 rings (SSSR count). The Kier molecular flexibility index (Phi) is 4.44. The molecule has 24 heavy (non-hydrogen) atoms. The molecule has 1 aliphatic rings. The molecule has 0 bridgehead atoms. The van der Waals surface area contributed by atoms with Gasteiger partial charge in [-0.2, -0.15) is 5.10 Å². The van der Waals surface area contributed by atoms with Gasteiger partial charge in [-0.3, -0.25) is 14.3 Å². The van der Waals surface area contributed by atoms with Crippen LogP contribution in [-0.2, 0) is 23.1 Å². The van der Waals surface area contributed by atoms with Gasteiger partial charge >= 0.3 is 0 Å². The molecular weight excluding hydrogens is 332 g/mol. The van der Waals surface area contributed by atoms with Crippen LogP contribution < -0.4 is 15.4 Å². The molecule has 2 heterocycles. The molecule has 8 heteroatoms. The number of rotatable bonds is 4. The van der Waals surface area contributed by atoms with E-state index in [0.29, 0.717) is 28.8 Å². The van der Waals surface area contributed by atoms with Gasteiger partial charge in [0.1, 0.15) is 11.6 Å². The van der Waals surface area contributed by atoms with E-state index in [2.05, 4.69) is 15.7 Å². The van der Waals surface area contributed by atoms with Crippen LogP contribution in [0, 0.1) is 5.92 Å². The van der Waals surface area contributed by atoms with Crippen molar-refractivity contribution in [3.8, 4) is 5.75 Å². The van der Waals surface area contributed by atoms with Crippen molar-refractivity contribution in [2.75, 3.05) is 17.2 Å². The predicted octanol–water partition coefficient (Wildman–Crippen LogP) is 2.22. The zero-order valence-corrected chi connectivity index (χ0v) is 14.1. The lowest BCUT2D eigenvalue weighted by Crippen LogP contribution is -2.29. The molecular formula is C16H17ClN4O3. The molecule has 0 fully saturated rings. The van der Waals surface area contributed by atoms with Crippen LogP contribution in [0.25, 0.3) is 0 Å². The number of nitrogens with zero attached hydrogens (tertiary/aromatic N) is 2. The highest BCUT2D eigenvalue weighted by Crippen LogP contribution is 2.30. The second-order valence-electron chi connectivity index (χ2n) is 5.68. The standard InChI is InChI=1S/C16H17ClN4O3/c1-9-7-12-14(20-21(2)15(12)19-16(9)23)18-13(22)8-24-11-5-3-10(17)4-6-11/h3-6,9H,7-8H2,1-2H3,(H,19,23)(H,18,20,22). The Morgan fingerprint density at radius 3 is 2.88 bits per heavy atom. The molecule has 1 aromatic heterocycles. The summed E-state index contributed by atoms with van der Waals surface area (Å²) < 4.78 is 6.96. The molecule has 0 aliphatic carbocycles. The van der Waals surface area contributed by atoms with E-state index in [-0.39, 0.29) is 24.3 Å². The maximum atomic E-state index is 12.1. The highest BCUT2D eigenvalue weighted by Gasteiger charge is 2.29. The molecule has 1 aliphatic heterocycles. The highest BCUT2D eigenvalue weighted by atomic mass is 35.5. The molecule has 2 amide bonds. The highest BCUT2D eigenvalue weighted by molar-refractivity contribution is 6.30. The Labute approximate surface area is 143 Å². The van der Waals surface area contributed by atoms with E-state index in [1.165, 1.54) is 0 Å². The minimum Gasteiger partial charge on any atom is -0.484 e. The van der Waals surface area contributed by atoms with Crippen molar-refractivity contribution in [1.29, 1.82) is 0 Å². The maximum absolute atomic E-state index is 12.1. The topological polar surface area (TPSA) is 85.2 Å². The number of hydrogen-bond acceptors (Lipinski definition) is 4. The summed E-state index contributed by atoms with van der Waals surface area (Å²) in [6, 6.07) is 6.76. The van der Waals surface area contributed by atoms with Gasteiger partial charge in [-0.15, -0.1) is 0 Å². The van der Waals surface area contributed by atoms with Gasteiger partial charge in [-0.25, -0.2) is 0 Å². The lowest BCUT2D eigenvalue weighted by Gasteiger charge is -2.19. The van der Waals surface area contributed by atoms with E-state index in [4.69, 9.17) is 16.3 Å². The fourth-order valence-corrected chi connectivity index (χ4v) is 2.63. The second-order valence-corrected chi connectivity index (χ2v) is 6.12. The van der Waals surface area contributed by atoms with Crippen molar-refractivity contribution in [3.63, 3.8) is 0 Å². The van der Waals surface area contributed by atoms with Crippen LogP contribution in [0.15, 0.2) is 24.3 Å². The number of benzene rings is 1. The van der Waals surface area contributed by atoms with Crippen LogP contribution in [0.3, 0.4) is 0 Å². The van der Waals surface area contributed by atoms with Crippen LogP contribution in [0.2, 0.25) is 5.02 Å². The Morgan fingerprint density at radius 2 is 2.17 bits per heavy atom. The number of aryl methyl sites for hydroxylation is 1. The molecule has 7 nitrogen and oxygen atoms in total. The van der Waals surface area contributed by atoms with Crippen molar-refractivity contribution in [2.24, 2.45) is 13.0 Å². The number of nitrogens with one attached hydrogen (secondary N) is 2. The smallest absolute Gasteiger partial charge is 0.263 e. The molecule has 0 saturated heterocycles. The number of anilines is 2. The summed E-state index contributed by atoms with van der Waals surface area (Å²) in [6.45, 7) is 1.69. The van der Waals surface area contributed by atoms with Crippen LogP contribution in [0.5, 0.6) is 5.75 Å². The molecule has 0 radical (unpaired) electrons. The van der Waals surface area contributed by atoms with Crippen LogP contribution in [0.4, 0.5) is 11.6 Å². The Bertz CT molecular complexity index is 785. The molecule has 2 aromatic rings. The average Bonchev–Trinajstić information content (AvgIpc) is 2.83. The van der Waals surface area contributed by atoms with Crippen molar-refractivity contribution in [2.45, 2.75) is 13.3 Å². The summed E-state index contributed by atoms with van der Waals surface area (Å²) in [7, 11) is 1.72. The van der Waals surface area contributed by atoms with E-state index < -0.39 is 0 Å². The Balaban J connectivity index is 1.66. The van der Waals surface area contributed by atoms with Crippen LogP contribution in [-0.4, -0.2) is 28.2 Å². The SMILES string of the molecule is CC1Cc2c(NC(=O)COc3ccc(Cl)cc3)nn(C)c2NC1=O. The first-order chi connectivity index (χ1) is 11.4. The number of fused-ring (bicyclic) bond motifs is 1. The number of carbonyl (C=O) groups is 2. The lowest BCUT2D eigenvalue weighted by atomic mass is 9.98. The van der Waals surface area contributed by atoms with Gasteiger partial charge < -0.3 is 15.4 Å². The largest absolute Gasteiger partial charge is 0.484 e. The van der Waals surface area contributed by atoms with Gasteiger partial charge in [0, 0.05) is 23.6 Å².